The van der Waals surface area contributed by atoms with Crippen molar-refractivity contribution in [2.75, 3.05) is 11.9 Å². The number of hydrogen-bond donors (Lipinski definition) is 2. The zero-order chi connectivity index (χ0) is 20.2. The predicted molar refractivity (Wildman–Crippen MR) is 96.9 cm³/mol. The van der Waals surface area contributed by atoms with Gasteiger partial charge in [0.05, 0.1) is 10.3 Å². The Morgan fingerprint density at radius 1 is 1.00 bits per heavy atom. The van der Waals surface area contributed by atoms with Crippen LogP contribution in [0.15, 0.2) is 29.2 Å². The molecule has 0 aliphatic heterocycles. The van der Waals surface area contributed by atoms with Crippen molar-refractivity contribution in [1.82, 2.24) is 4.72 Å². The topological polar surface area (TPSA) is 75.3 Å². The molecule has 1 amide bonds. The van der Waals surface area contributed by atoms with Gasteiger partial charge in [0, 0.05) is 5.69 Å². The molecule has 0 atom stereocenters. The molecule has 0 heterocycles. The number of hydrogen-bond acceptors (Lipinski definition) is 3. The summed E-state index contributed by atoms with van der Waals surface area (Å²) in [4.78, 5) is 12.7. The summed E-state index contributed by atoms with van der Waals surface area (Å²) in [6.07, 6.45) is 1.80. The Kier molecular flexibility index (Phi) is 4.73. The minimum Gasteiger partial charge on any atom is -0.326 e. The molecule has 0 radical (unpaired) electrons. The van der Waals surface area contributed by atoms with Crippen molar-refractivity contribution in [3.63, 3.8) is 0 Å². The van der Waals surface area contributed by atoms with Gasteiger partial charge in [-0.25, -0.2) is 13.1 Å². The van der Waals surface area contributed by atoms with Gasteiger partial charge in [0.2, 0.25) is 15.9 Å². The summed E-state index contributed by atoms with van der Waals surface area (Å²) in [5.41, 5.74) is 0.129. The fourth-order valence-corrected chi connectivity index (χ4v) is 6.64. The highest BCUT2D eigenvalue weighted by atomic mass is 32.2. The normalized spacial score (nSPS) is 31.8. The van der Waals surface area contributed by atoms with Crippen LogP contribution >= 0.6 is 0 Å². The highest BCUT2D eigenvalue weighted by Crippen LogP contribution is 2.60. The molecule has 2 N–H and O–H groups in total. The van der Waals surface area contributed by atoms with Crippen molar-refractivity contribution in [1.29, 1.82) is 0 Å². The molecule has 5 rings (SSSR count). The molecule has 1 aromatic carbocycles. The molecule has 4 aliphatic rings. The molecule has 9 heteroatoms. The average Bonchev–Trinajstić information content (AvgIpc) is 2.59. The van der Waals surface area contributed by atoms with Gasteiger partial charge < -0.3 is 5.32 Å². The number of nitrogens with one attached hydrogen (secondary N) is 2. The fourth-order valence-electron chi connectivity index (χ4n) is 5.63. The molecular formula is C19H23F3N2O3S. The van der Waals surface area contributed by atoms with E-state index in [1.807, 2.05) is 0 Å². The first-order valence-electron chi connectivity index (χ1n) is 9.53. The van der Waals surface area contributed by atoms with Gasteiger partial charge in [-0.15, -0.1) is 0 Å². The first-order valence-corrected chi connectivity index (χ1v) is 11.0. The lowest BCUT2D eigenvalue weighted by Crippen LogP contribution is -2.51. The molecule has 4 saturated carbocycles. The molecular weight excluding hydrogens is 393 g/mol. The molecule has 154 valence electrons. The van der Waals surface area contributed by atoms with E-state index in [0.29, 0.717) is 23.4 Å². The quantitative estimate of drug-likeness (QED) is 0.769. The summed E-state index contributed by atoms with van der Waals surface area (Å²) in [6, 6.07) is 5.24. The Hall–Kier alpha value is -1.61. The number of amides is 1. The van der Waals surface area contributed by atoms with E-state index in [9.17, 15) is 26.4 Å². The minimum atomic E-state index is -4.63. The molecule has 0 unspecified atom stereocenters. The number of rotatable bonds is 5. The number of sulfonamides is 1. The van der Waals surface area contributed by atoms with Crippen molar-refractivity contribution in [3.8, 4) is 0 Å². The summed E-state index contributed by atoms with van der Waals surface area (Å²) >= 11 is 0. The molecule has 0 aromatic heterocycles. The Morgan fingerprint density at radius 2 is 1.50 bits per heavy atom. The van der Waals surface area contributed by atoms with Crippen LogP contribution in [0, 0.1) is 23.2 Å². The summed E-state index contributed by atoms with van der Waals surface area (Å²) in [7, 11) is -4.26. The second-order valence-corrected chi connectivity index (χ2v) is 10.4. The molecule has 5 nitrogen and oxygen atoms in total. The summed E-state index contributed by atoms with van der Waals surface area (Å²) in [5, 5.41) is 2.90. The Balaban J connectivity index is 1.43. The molecule has 28 heavy (non-hydrogen) atoms. The van der Waals surface area contributed by atoms with Crippen LogP contribution in [0.4, 0.5) is 18.9 Å². The summed E-state index contributed by atoms with van der Waals surface area (Å²) < 4.78 is 62.1. The summed E-state index contributed by atoms with van der Waals surface area (Å²) in [5.74, 6) is 1.87. The standard InChI is InChI=1S/C19H23F3N2O3S/c20-19(21,22)11-23-28(26,27)16-3-1-15(2-4-16)24-17(25)18-8-12-5-13(9-18)7-14(6-12)10-18/h1-4,12-14,23H,5-11H2,(H,24,25). The van der Waals surface area contributed by atoms with Crippen LogP contribution in [0.25, 0.3) is 0 Å². The molecule has 0 spiro atoms. The SMILES string of the molecule is O=C(Nc1ccc(S(=O)(=O)NCC(F)(F)F)cc1)C12CC3CC(CC(C3)C1)C2. The maximum absolute atomic E-state index is 13.0. The zero-order valence-corrected chi connectivity index (χ0v) is 16.1. The van der Waals surface area contributed by atoms with Crippen LogP contribution < -0.4 is 10.0 Å². The number of carbonyl (C=O) groups excluding carboxylic acids is 1. The first-order chi connectivity index (χ1) is 13.0. The van der Waals surface area contributed by atoms with E-state index in [4.69, 9.17) is 0 Å². The molecule has 0 saturated heterocycles. The molecule has 4 bridgehead atoms. The van der Waals surface area contributed by atoms with Gasteiger partial charge in [-0.05, 0) is 80.5 Å². The van der Waals surface area contributed by atoms with Gasteiger partial charge in [-0.1, -0.05) is 0 Å². The smallest absolute Gasteiger partial charge is 0.326 e. The highest BCUT2D eigenvalue weighted by molar-refractivity contribution is 7.89. The monoisotopic (exact) mass is 416 g/mol. The lowest BCUT2D eigenvalue weighted by Gasteiger charge is -2.55. The number of carbonyl (C=O) groups is 1. The van der Waals surface area contributed by atoms with Gasteiger partial charge >= 0.3 is 6.18 Å². The maximum atomic E-state index is 13.0. The van der Waals surface area contributed by atoms with Crippen molar-refractivity contribution in [2.45, 2.75) is 49.6 Å². The van der Waals surface area contributed by atoms with Gasteiger partial charge in [0.25, 0.3) is 0 Å². The predicted octanol–water partition coefficient (Wildman–Crippen LogP) is 3.68. The first kappa shape index (κ1) is 19.7. The van der Waals surface area contributed by atoms with Crippen molar-refractivity contribution in [2.24, 2.45) is 23.2 Å². The van der Waals surface area contributed by atoms with E-state index in [0.717, 1.165) is 19.3 Å². The van der Waals surface area contributed by atoms with E-state index in [2.05, 4.69) is 5.32 Å². The number of halogens is 3. The van der Waals surface area contributed by atoms with Gasteiger partial charge in [-0.3, -0.25) is 4.79 Å². The van der Waals surface area contributed by atoms with E-state index in [1.54, 1.807) is 0 Å². The van der Waals surface area contributed by atoms with Gasteiger partial charge in [0.15, 0.2) is 0 Å². The van der Waals surface area contributed by atoms with Gasteiger partial charge in [-0.2, -0.15) is 13.2 Å². The summed E-state index contributed by atoms with van der Waals surface area (Å²) in [6.45, 7) is -1.63. The maximum Gasteiger partial charge on any atom is 0.402 e. The van der Waals surface area contributed by atoms with Crippen LogP contribution in [-0.2, 0) is 14.8 Å². The van der Waals surface area contributed by atoms with Crippen molar-refractivity contribution >= 4 is 21.6 Å². The van der Waals surface area contributed by atoms with E-state index in [1.165, 1.54) is 48.3 Å². The van der Waals surface area contributed by atoms with Crippen molar-refractivity contribution < 1.29 is 26.4 Å². The molecule has 1 aromatic rings. The largest absolute Gasteiger partial charge is 0.402 e. The van der Waals surface area contributed by atoms with Crippen LogP contribution in [0.2, 0.25) is 0 Å². The second kappa shape index (κ2) is 6.73. The Labute approximate surface area is 162 Å². The van der Waals surface area contributed by atoms with Crippen LogP contribution in [0.5, 0.6) is 0 Å². The molecule has 4 aliphatic carbocycles. The number of alkyl halides is 3. The lowest BCUT2D eigenvalue weighted by molar-refractivity contribution is -0.140. The van der Waals surface area contributed by atoms with Crippen LogP contribution in [0.1, 0.15) is 38.5 Å². The third-order valence-electron chi connectivity index (χ3n) is 6.41. The molecule has 4 fully saturated rings. The van der Waals surface area contributed by atoms with E-state index < -0.39 is 22.7 Å². The highest BCUT2D eigenvalue weighted by Gasteiger charge is 2.54. The lowest BCUT2D eigenvalue weighted by atomic mass is 9.49. The van der Waals surface area contributed by atoms with E-state index >= 15 is 0 Å². The second-order valence-electron chi connectivity index (χ2n) is 8.62. The van der Waals surface area contributed by atoms with Crippen molar-refractivity contribution in [3.05, 3.63) is 24.3 Å². The van der Waals surface area contributed by atoms with Crippen LogP contribution in [0.3, 0.4) is 0 Å². The van der Waals surface area contributed by atoms with E-state index in [-0.39, 0.29) is 16.2 Å². The number of anilines is 1. The third-order valence-corrected chi connectivity index (χ3v) is 7.82. The zero-order valence-electron chi connectivity index (χ0n) is 15.3. The fraction of sp³-hybridized carbons (Fsp3) is 0.632. The Morgan fingerprint density at radius 3 is 1.96 bits per heavy atom. The van der Waals surface area contributed by atoms with Gasteiger partial charge in [0.1, 0.15) is 6.54 Å². The number of benzene rings is 1. The van der Waals surface area contributed by atoms with Crippen LogP contribution in [-0.4, -0.2) is 27.0 Å². The minimum absolute atomic E-state index is 0.0163. The Bertz CT molecular complexity index is 830. The average molecular weight is 416 g/mol. The third kappa shape index (κ3) is 3.91.